The molecule has 0 aliphatic rings. The molecular weight excluding hydrogens is 604 g/mol. The summed E-state index contributed by atoms with van der Waals surface area (Å²) >= 11 is 12.5. The third kappa shape index (κ3) is 8.36. The molecule has 0 spiro atoms. The maximum atomic E-state index is 14.1. The quantitative estimate of drug-likeness (QED) is 0.276. The number of methoxy groups -OCH3 is 1. The van der Waals surface area contributed by atoms with Crippen LogP contribution in [0.3, 0.4) is 0 Å². The van der Waals surface area contributed by atoms with Crippen molar-refractivity contribution in [3.8, 4) is 5.75 Å². The highest BCUT2D eigenvalue weighted by atomic mass is 35.5. The standard InChI is InChI=1S/C30H34Cl2FN3O5S/c1-6-27(29(38)34-30(2,3)4)35(18-20-7-8-21(31)17-26(20)32)28(37)19-36(23-11-9-22(33)10-12-23)42(39,40)25-15-13-24(41-5)14-16-25/h7-17,27H,6,18-19H2,1-5H3,(H,34,38). The summed E-state index contributed by atoms with van der Waals surface area (Å²) in [6.07, 6.45) is 0.237. The second kappa shape index (κ2) is 13.8. The van der Waals surface area contributed by atoms with E-state index in [0.717, 1.165) is 16.4 Å². The Morgan fingerprint density at radius 2 is 1.62 bits per heavy atom. The molecule has 1 atom stereocenters. The number of hydrogen-bond donors (Lipinski definition) is 1. The Kier molecular flexibility index (Phi) is 10.9. The molecule has 1 unspecified atom stereocenters. The van der Waals surface area contributed by atoms with Gasteiger partial charge in [-0.2, -0.15) is 0 Å². The molecule has 3 rings (SSSR count). The molecule has 12 heteroatoms. The van der Waals surface area contributed by atoms with E-state index in [4.69, 9.17) is 27.9 Å². The van der Waals surface area contributed by atoms with Crippen molar-refractivity contribution >= 4 is 50.7 Å². The van der Waals surface area contributed by atoms with Crippen LogP contribution in [0.5, 0.6) is 5.75 Å². The van der Waals surface area contributed by atoms with E-state index < -0.39 is 45.8 Å². The molecular formula is C30H34Cl2FN3O5S. The zero-order chi connectivity index (χ0) is 31.2. The number of anilines is 1. The number of nitrogens with one attached hydrogen (secondary N) is 1. The molecule has 0 fully saturated rings. The van der Waals surface area contributed by atoms with Crippen molar-refractivity contribution in [2.75, 3.05) is 18.0 Å². The smallest absolute Gasteiger partial charge is 0.264 e. The molecule has 0 saturated carbocycles. The Morgan fingerprint density at radius 3 is 2.14 bits per heavy atom. The minimum absolute atomic E-state index is 0.0669. The second-order valence-electron chi connectivity index (χ2n) is 10.6. The summed E-state index contributed by atoms with van der Waals surface area (Å²) < 4.78 is 47.6. The van der Waals surface area contributed by atoms with E-state index in [9.17, 15) is 22.4 Å². The molecule has 0 aliphatic heterocycles. The molecule has 1 N–H and O–H groups in total. The Balaban J connectivity index is 2.09. The van der Waals surface area contributed by atoms with Crippen LogP contribution in [0.15, 0.2) is 71.6 Å². The fraction of sp³-hybridized carbons (Fsp3) is 0.333. The van der Waals surface area contributed by atoms with Gasteiger partial charge in [-0.1, -0.05) is 36.2 Å². The number of ether oxygens (including phenoxy) is 1. The number of carbonyl (C=O) groups excluding carboxylic acids is 2. The van der Waals surface area contributed by atoms with Gasteiger partial charge in [0.05, 0.1) is 17.7 Å². The molecule has 0 aromatic heterocycles. The average Bonchev–Trinajstić information content (AvgIpc) is 2.92. The first-order valence-electron chi connectivity index (χ1n) is 13.1. The maximum absolute atomic E-state index is 14.1. The summed E-state index contributed by atoms with van der Waals surface area (Å²) in [7, 11) is -2.87. The van der Waals surface area contributed by atoms with Crippen LogP contribution in [0.1, 0.15) is 39.7 Å². The number of nitrogens with zero attached hydrogens (tertiary/aromatic N) is 2. The number of carbonyl (C=O) groups is 2. The summed E-state index contributed by atoms with van der Waals surface area (Å²) in [5, 5.41) is 3.58. The van der Waals surface area contributed by atoms with Crippen LogP contribution < -0.4 is 14.4 Å². The summed E-state index contributed by atoms with van der Waals surface area (Å²) in [6, 6.07) is 14.2. The van der Waals surface area contributed by atoms with Gasteiger partial charge < -0.3 is 15.0 Å². The molecule has 3 aromatic rings. The number of hydrogen-bond acceptors (Lipinski definition) is 5. The van der Waals surface area contributed by atoms with Gasteiger partial charge >= 0.3 is 0 Å². The maximum Gasteiger partial charge on any atom is 0.264 e. The number of benzene rings is 3. The zero-order valence-corrected chi connectivity index (χ0v) is 26.4. The summed E-state index contributed by atoms with van der Waals surface area (Å²) in [5.41, 5.74) is -0.00497. The van der Waals surface area contributed by atoms with Gasteiger partial charge in [0, 0.05) is 22.1 Å². The zero-order valence-electron chi connectivity index (χ0n) is 24.0. The molecule has 0 heterocycles. The number of amides is 2. The lowest BCUT2D eigenvalue weighted by Gasteiger charge is -2.35. The fourth-order valence-electron chi connectivity index (χ4n) is 4.22. The molecule has 42 heavy (non-hydrogen) atoms. The predicted octanol–water partition coefficient (Wildman–Crippen LogP) is 6.06. The highest BCUT2D eigenvalue weighted by Crippen LogP contribution is 2.28. The van der Waals surface area contributed by atoms with Crippen molar-refractivity contribution < 1.29 is 27.1 Å². The van der Waals surface area contributed by atoms with Crippen LogP contribution >= 0.6 is 23.2 Å². The van der Waals surface area contributed by atoms with Gasteiger partial charge in [-0.15, -0.1) is 0 Å². The first-order valence-corrected chi connectivity index (χ1v) is 15.3. The molecule has 2 amide bonds. The Hall–Kier alpha value is -3.34. The van der Waals surface area contributed by atoms with Crippen LogP contribution in [-0.2, 0) is 26.2 Å². The molecule has 8 nitrogen and oxygen atoms in total. The molecule has 0 radical (unpaired) electrons. The van der Waals surface area contributed by atoms with Crippen molar-refractivity contribution in [1.82, 2.24) is 10.2 Å². The van der Waals surface area contributed by atoms with E-state index in [1.807, 2.05) is 20.8 Å². The van der Waals surface area contributed by atoms with Gasteiger partial charge in [-0.25, -0.2) is 12.8 Å². The number of sulfonamides is 1. The van der Waals surface area contributed by atoms with Gasteiger partial charge in [-0.05, 0) is 93.4 Å². The topological polar surface area (TPSA) is 96.0 Å². The Bertz CT molecular complexity index is 1510. The lowest BCUT2D eigenvalue weighted by atomic mass is 10.1. The van der Waals surface area contributed by atoms with Gasteiger partial charge in [0.1, 0.15) is 24.2 Å². The first-order chi connectivity index (χ1) is 19.7. The third-order valence-corrected chi connectivity index (χ3v) is 8.66. The molecule has 0 bridgehead atoms. The lowest BCUT2D eigenvalue weighted by Crippen LogP contribution is -2.55. The van der Waals surface area contributed by atoms with E-state index in [1.165, 1.54) is 54.5 Å². The first kappa shape index (κ1) is 33.2. The van der Waals surface area contributed by atoms with E-state index in [-0.39, 0.29) is 28.6 Å². The molecule has 0 saturated heterocycles. The highest BCUT2D eigenvalue weighted by Gasteiger charge is 2.35. The van der Waals surface area contributed by atoms with Gasteiger partial charge in [0.2, 0.25) is 11.8 Å². The lowest BCUT2D eigenvalue weighted by molar-refractivity contribution is -0.141. The monoisotopic (exact) mass is 637 g/mol. The van der Waals surface area contributed by atoms with E-state index in [2.05, 4.69) is 5.32 Å². The summed E-state index contributed by atoms with van der Waals surface area (Å²) in [5.74, 6) is -1.20. The average molecular weight is 639 g/mol. The normalized spacial score (nSPS) is 12.4. The van der Waals surface area contributed by atoms with E-state index in [0.29, 0.717) is 16.3 Å². The summed E-state index contributed by atoms with van der Waals surface area (Å²) in [6.45, 7) is 6.43. The predicted molar refractivity (Wildman–Crippen MR) is 163 cm³/mol. The van der Waals surface area contributed by atoms with Crippen LogP contribution in [0, 0.1) is 5.82 Å². The van der Waals surface area contributed by atoms with Gasteiger partial charge in [-0.3, -0.25) is 13.9 Å². The van der Waals surface area contributed by atoms with Crippen LogP contribution in [0.2, 0.25) is 10.0 Å². The van der Waals surface area contributed by atoms with Crippen LogP contribution in [0.4, 0.5) is 10.1 Å². The molecule has 3 aromatic carbocycles. The van der Waals surface area contributed by atoms with Gasteiger partial charge in [0.25, 0.3) is 10.0 Å². The second-order valence-corrected chi connectivity index (χ2v) is 13.3. The minimum Gasteiger partial charge on any atom is -0.497 e. The third-order valence-electron chi connectivity index (χ3n) is 6.28. The minimum atomic E-state index is -4.32. The SMILES string of the molecule is CCC(C(=O)NC(C)(C)C)N(Cc1ccc(Cl)cc1Cl)C(=O)CN(c1ccc(F)cc1)S(=O)(=O)c1ccc(OC)cc1. The van der Waals surface area contributed by atoms with Crippen molar-refractivity contribution in [2.45, 2.75) is 57.1 Å². The molecule has 226 valence electrons. The fourth-order valence-corrected chi connectivity index (χ4v) is 6.10. The van der Waals surface area contributed by atoms with Crippen molar-refractivity contribution in [3.05, 3.63) is 88.2 Å². The van der Waals surface area contributed by atoms with Crippen LogP contribution in [-0.4, -0.2) is 50.4 Å². The number of rotatable bonds is 11. The van der Waals surface area contributed by atoms with E-state index in [1.54, 1.807) is 19.1 Å². The highest BCUT2D eigenvalue weighted by molar-refractivity contribution is 7.92. The number of halogens is 3. The summed E-state index contributed by atoms with van der Waals surface area (Å²) in [4.78, 5) is 28.7. The Labute approximate surface area is 256 Å². The van der Waals surface area contributed by atoms with Crippen molar-refractivity contribution in [2.24, 2.45) is 0 Å². The van der Waals surface area contributed by atoms with E-state index >= 15 is 0 Å². The van der Waals surface area contributed by atoms with Crippen molar-refractivity contribution in [1.29, 1.82) is 0 Å². The largest absolute Gasteiger partial charge is 0.497 e. The van der Waals surface area contributed by atoms with Gasteiger partial charge in [0.15, 0.2) is 0 Å². The van der Waals surface area contributed by atoms with Crippen LogP contribution in [0.25, 0.3) is 0 Å². The molecule has 0 aliphatic carbocycles. The Morgan fingerprint density at radius 1 is 1.00 bits per heavy atom. The van der Waals surface area contributed by atoms with Crippen molar-refractivity contribution in [3.63, 3.8) is 0 Å².